The third-order valence-corrected chi connectivity index (χ3v) is 3.78. The van der Waals surface area contributed by atoms with E-state index in [0.29, 0.717) is 20.3 Å². The average Bonchev–Trinajstić information content (AvgIpc) is 2.76. The summed E-state index contributed by atoms with van der Waals surface area (Å²) in [6.45, 7) is 2.01. The molecule has 0 atom stereocenters. The van der Waals surface area contributed by atoms with Crippen LogP contribution in [0.1, 0.15) is 11.1 Å². The van der Waals surface area contributed by atoms with Crippen molar-refractivity contribution in [2.75, 3.05) is 0 Å². The first kappa shape index (κ1) is 14.1. The van der Waals surface area contributed by atoms with E-state index >= 15 is 0 Å². The Labute approximate surface area is 135 Å². The van der Waals surface area contributed by atoms with Gasteiger partial charge in [0.15, 0.2) is 0 Å². The predicted molar refractivity (Wildman–Crippen MR) is 89.3 cm³/mol. The maximum atomic E-state index is 6.20. The molecule has 2 aromatic heterocycles. The van der Waals surface area contributed by atoms with Gasteiger partial charge in [-0.05, 0) is 49.1 Å². The number of halogens is 1. The zero-order valence-electron chi connectivity index (χ0n) is 10.9. The lowest BCUT2D eigenvalue weighted by molar-refractivity contribution is 0.848. The van der Waals surface area contributed by atoms with Crippen molar-refractivity contribution in [2.45, 2.75) is 6.92 Å². The average molecular weight is 336 g/mol. The van der Waals surface area contributed by atoms with Crippen molar-refractivity contribution in [1.29, 1.82) is 0 Å². The molecule has 0 unspecified atom stereocenters. The van der Waals surface area contributed by atoms with E-state index < -0.39 is 0 Å². The van der Waals surface area contributed by atoms with Crippen molar-refractivity contribution < 1.29 is 0 Å². The lowest BCUT2D eigenvalue weighted by atomic mass is 10.1. The summed E-state index contributed by atoms with van der Waals surface area (Å²) in [5.74, 6) is 0. The molecule has 3 aromatic rings. The second-order valence-corrected chi connectivity index (χ2v) is 5.61. The molecule has 5 nitrogen and oxygen atoms in total. The highest BCUT2D eigenvalue weighted by atomic mass is 35.5. The first-order valence-electron chi connectivity index (χ1n) is 6.05. The van der Waals surface area contributed by atoms with Crippen molar-refractivity contribution in [1.82, 2.24) is 19.9 Å². The van der Waals surface area contributed by atoms with Crippen molar-refractivity contribution in [3.05, 3.63) is 50.1 Å². The fraction of sp³-hybridized carbons (Fsp3) is 0.0769. The number of hydrogen-bond donors (Lipinski definition) is 2. The second kappa shape index (κ2) is 5.51. The highest BCUT2D eigenvalue weighted by Crippen LogP contribution is 2.20. The van der Waals surface area contributed by atoms with Crippen LogP contribution in [0.15, 0.2) is 29.4 Å². The van der Waals surface area contributed by atoms with Gasteiger partial charge in [-0.25, -0.2) is 4.98 Å². The molecule has 0 bridgehead atoms. The van der Waals surface area contributed by atoms with Crippen LogP contribution in [0.5, 0.6) is 0 Å². The van der Waals surface area contributed by atoms with Gasteiger partial charge in [-0.1, -0.05) is 23.7 Å². The van der Waals surface area contributed by atoms with Gasteiger partial charge in [0.1, 0.15) is 5.15 Å². The summed E-state index contributed by atoms with van der Waals surface area (Å²) >= 11 is 16.3. The number of H-pyrrole nitrogens is 2. The molecule has 0 fully saturated rings. The van der Waals surface area contributed by atoms with Gasteiger partial charge < -0.3 is 0 Å². The fourth-order valence-corrected chi connectivity index (χ4v) is 2.52. The van der Waals surface area contributed by atoms with Gasteiger partial charge in [-0.15, -0.1) is 0 Å². The third kappa shape index (κ3) is 2.80. The van der Waals surface area contributed by atoms with Crippen LogP contribution in [0, 0.1) is 16.5 Å². The van der Waals surface area contributed by atoms with E-state index in [9.17, 15) is 0 Å². The van der Waals surface area contributed by atoms with E-state index in [4.69, 9.17) is 36.0 Å². The van der Waals surface area contributed by atoms with Crippen LogP contribution >= 0.6 is 36.0 Å². The van der Waals surface area contributed by atoms with E-state index in [1.54, 1.807) is 6.21 Å². The van der Waals surface area contributed by atoms with E-state index in [-0.39, 0.29) is 0 Å². The number of aromatic nitrogens is 4. The van der Waals surface area contributed by atoms with Crippen LogP contribution in [-0.4, -0.2) is 26.1 Å². The molecule has 2 N–H and O–H groups in total. The van der Waals surface area contributed by atoms with Crippen LogP contribution in [0.4, 0.5) is 0 Å². The molecule has 0 amide bonds. The minimum absolute atomic E-state index is 0.383. The molecule has 0 aliphatic heterocycles. The maximum Gasteiger partial charge on any atom is 0.215 e. The van der Waals surface area contributed by atoms with Gasteiger partial charge in [-0.3, -0.25) is 10.2 Å². The highest BCUT2D eigenvalue weighted by molar-refractivity contribution is 7.72. The Hall–Kier alpha value is -1.83. The van der Waals surface area contributed by atoms with Gasteiger partial charge in [0.2, 0.25) is 9.54 Å². The maximum absolute atomic E-state index is 6.20. The van der Waals surface area contributed by atoms with Crippen LogP contribution in [0.3, 0.4) is 0 Å². The van der Waals surface area contributed by atoms with Crippen LogP contribution in [-0.2, 0) is 0 Å². The molecule has 106 valence electrons. The number of rotatable bonds is 2. The Kier molecular flexibility index (Phi) is 3.71. The number of nitrogens with zero attached hydrogens (tertiary/aromatic N) is 3. The van der Waals surface area contributed by atoms with E-state index in [2.05, 4.69) is 20.3 Å². The molecule has 0 saturated heterocycles. The zero-order valence-corrected chi connectivity index (χ0v) is 13.3. The summed E-state index contributed by atoms with van der Waals surface area (Å²) in [6.07, 6.45) is 1.59. The standard InChI is InChI=1S/C13H10ClN5S2/c1-7-2-3-8-5-9(11(14)16-10(8)4-7)6-15-19-12(20)17-18-13(19)21/h2-6H,1H3,(H,17,20)(H,18,21)/b15-6-. The molecule has 0 saturated carbocycles. The Balaban J connectivity index is 2.09. The lowest BCUT2D eigenvalue weighted by Gasteiger charge is -2.03. The van der Waals surface area contributed by atoms with Crippen molar-refractivity contribution >= 4 is 53.2 Å². The SMILES string of the molecule is Cc1ccc2cc(/C=N\n3c(=S)[nH][nH]c3=S)c(Cl)nc2c1. The van der Waals surface area contributed by atoms with Gasteiger partial charge in [0.25, 0.3) is 0 Å². The number of nitrogens with one attached hydrogen (secondary N) is 2. The summed E-state index contributed by atoms with van der Waals surface area (Å²) in [5, 5.41) is 11.0. The Morgan fingerprint density at radius 3 is 2.67 bits per heavy atom. The molecule has 1 aromatic carbocycles. The smallest absolute Gasteiger partial charge is 0.215 e. The summed E-state index contributed by atoms with van der Waals surface area (Å²) < 4.78 is 2.17. The number of fused-ring (bicyclic) bond motifs is 1. The monoisotopic (exact) mass is 335 g/mol. The molecular weight excluding hydrogens is 326 g/mol. The Morgan fingerprint density at radius 1 is 1.24 bits per heavy atom. The van der Waals surface area contributed by atoms with Gasteiger partial charge in [-0.2, -0.15) is 9.78 Å². The summed E-state index contributed by atoms with van der Waals surface area (Å²) in [7, 11) is 0. The van der Waals surface area contributed by atoms with Crippen LogP contribution in [0.25, 0.3) is 10.9 Å². The molecule has 8 heteroatoms. The Bertz CT molecular complexity index is 939. The van der Waals surface area contributed by atoms with E-state index in [1.807, 2.05) is 31.2 Å². The summed E-state index contributed by atoms with van der Waals surface area (Å²) in [4.78, 5) is 4.38. The van der Waals surface area contributed by atoms with Crippen LogP contribution in [0.2, 0.25) is 5.15 Å². The minimum Gasteiger partial charge on any atom is -0.273 e. The summed E-state index contributed by atoms with van der Waals surface area (Å²) in [6, 6.07) is 7.94. The largest absolute Gasteiger partial charge is 0.273 e. The number of benzene rings is 1. The molecule has 21 heavy (non-hydrogen) atoms. The van der Waals surface area contributed by atoms with Crippen molar-refractivity contribution in [3.8, 4) is 0 Å². The second-order valence-electron chi connectivity index (χ2n) is 4.48. The molecule has 0 aliphatic rings. The van der Waals surface area contributed by atoms with Gasteiger partial charge >= 0.3 is 0 Å². The van der Waals surface area contributed by atoms with Crippen LogP contribution < -0.4 is 0 Å². The number of aromatic amines is 2. The Morgan fingerprint density at radius 2 is 1.95 bits per heavy atom. The molecule has 0 spiro atoms. The van der Waals surface area contributed by atoms with Crippen molar-refractivity contribution in [3.63, 3.8) is 0 Å². The quantitative estimate of drug-likeness (QED) is 0.423. The number of pyridine rings is 1. The topological polar surface area (TPSA) is 61.8 Å². The highest BCUT2D eigenvalue weighted by Gasteiger charge is 2.04. The van der Waals surface area contributed by atoms with E-state index in [1.165, 1.54) is 4.68 Å². The molecule has 3 rings (SSSR count). The zero-order chi connectivity index (χ0) is 15.0. The molecule has 0 aliphatic carbocycles. The minimum atomic E-state index is 0.383. The third-order valence-electron chi connectivity index (χ3n) is 2.93. The van der Waals surface area contributed by atoms with E-state index in [0.717, 1.165) is 16.5 Å². The normalized spacial score (nSPS) is 11.5. The summed E-state index contributed by atoms with van der Waals surface area (Å²) in [5.41, 5.74) is 2.69. The molecule has 0 radical (unpaired) electrons. The predicted octanol–water partition coefficient (Wildman–Crippen LogP) is 4.00. The van der Waals surface area contributed by atoms with Gasteiger partial charge in [0.05, 0.1) is 11.7 Å². The van der Waals surface area contributed by atoms with Crippen molar-refractivity contribution in [2.24, 2.45) is 5.10 Å². The number of hydrogen-bond acceptors (Lipinski definition) is 4. The molecular formula is C13H10ClN5S2. The fourth-order valence-electron chi connectivity index (χ4n) is 1.89. The van der Waals surface area contributed by atoms with Gasteiger partial charge in [0, 0.05) is 10.9 Å². The lowest BCUT2D eigenvalue weighted by Crippen LogP contribution is -1.94. The first-order valence-corrected chi connectivity index (χ1v) is 7.25. The number of aryl methyl sites for hydroxylation is 1. The first-order chi connectivity index (χ1) is 10.0. The molecule has 2 heterocycles.